The number of nitrogens with one attached hydrogen (secondary N) is 2. The zero-order valence-electron chi connectivity index (χ0n) is 12.6. The fourth-order valence-electron chi connectivity index (χ4n) is 3.14. The number of nitrogens with zero attached hydrogens (tertiary/aromatic N) is 1. The van der Waals surface area contributed by atoms with Gasteiger partial charge in [-0.1, -0.05) is 32.0 Å². The second-order valence-electron chi connectivity index (χ2n) is 6.08. The molecule has 2 aromatic rings. The number of aromatic nitrogens is 1. The molecule has 0 saturated carbocycles. The Morgan fingerprint density at radius 3 is 2.75 bits per heavy atom. The van der Waals surface area contributed by atoms with E-state index in [1.54, 1.807) is 0 Å². The molecule has 0 radical (unpaired) electrons. The number of benzene rings is 1. The average molecular weight is 271 g/mol. The highest BCUT2D eigenvalue weighted by molar-refractivity contribution is 5.86. The van der Waals surface area contributed by atoms with Gasteiger partial charge in [-0.2, -0.15) is 0 Å². The van der Waals surface area contributed by atoms with Crippen molar-refractivity contribution in [2.24, 2.45) is 0 Å². The molecule has 2 N–H and O–H groups in total. The maximum atomic E-state index is 3.49. The molecule has 0 spiro atoms. The molecular weight excluding hydrogens is 246 g/mol. The SMILES string of the molecule is CC(C)c1cccc2c(CCN3CCNCC3)c[nH]c12. The van der Waals surface area contributed by atoms with Crippen LogP contribution in [0.5, 0.6) is 0 Å². The van der Waals surface area contributed by atoms with E-state index < -0.39 is 0 Å². The number of para-hydroxylation sites is 1. The van der Waals surface area contributed by atoms with Gasteiger partial charge >= 0.3 is 0 Å². The van der Waals surface area contributed by atoms with Gasteiger partial charge in [0.05, 0.1) is 0 Å². The number of aromatic amines is 1. The predicted molar refractivity (Wildman–Crippen MR) is 85.4 cm³/mol. The maximum absolute atomic E-state index is 3.49. The molecule has 3 heteroatoms. The first-order valence-corrected chi connectivity index (χ1v) is 7.77. The fraction of sp³-hybridized carbons (Fsp3) is 0.529. The van der Waals surface area contributed by atoms with Crippen molar-refractivity contribution in [3.8, 4) is 0 Å². The lowest BCUT2D eigenvalue weighted by molar-refractivity contribution is 0.244. The van der Waals surface area contributed by atoms with Crippen LogP contribution in [-0.2, 0) is 6.42 Å². The molecule has 1 fully saturated rings. The number of rotatable bonds is 4. The Hall–Kier alpha value is -1.32. The van der Waals surface area contributed by atoms with Crippen LogP contribution in [0.2, 0.25) is 0 Å². The van der Waals surface area contributed by atoms with Crippen molar-refractivity contribution in [2.75, 3.05) is 32.7 Å². The molecule has 3 rings (SSSR count). The highest BCUT2D eigenvalue weighted by Gasteiger charge is 2.12. The third kappa shape index (κ3) is 2.74. The Kier molecular flexibility index (Phi) is 4.08. The van der Waals surface area contributed by atoms with Crippen molar-refractivity contribution in [1.29, 1.82) is 0 Å². The molecule has 3 nitrogen and oxygen atoms in total. The first kappa shape index (κ1) is 13.7. The van der Waals surface area contributed by atoms with Gasteiger partial charge in [0.15, 0.2) is 0 Å². The van der Waals surface area contributed by atoms with Gasteiger partial charge < -0.3 is 15.2 Å². The quantitative estimate of drug-likeness (QED) is 0.896. The fourth-order valence-corrected chi connectivity index (χ4v) is 3.14. The van der Waals surface area contributed by atoms with E-state index in [-0.39, 0.29) is 0 Å². The molecule has 108 valence electrons. The van der Waals surface area contributed by atoms with Crippen molar-refractivity contribution in [3.05, 3.63) is 35.5 Å². The van der Waals surface area contributed by atoms with Crippen LogP contribution in [0.3, 0.4) is 0 Å². The van der Waals surface area contributed by atoms with Crippen LogP contribution in [0.25, 0.3) is 10.9 Å². The summed E-state index contributed by atoms with van der Waals surface area (Å²) in [4.78, 5) is 6.05. The topological polar surface area (TPSA) is 31.1 Å². The number of hydrogen-bond donors (Lipinski definition) is 2. The normalized spacial score (nSPS) is 17.1. The lowest BCUT2D eigenvalue weighted by Crippen LogP contribution is -2.44. The molecule has 0 atom stereocenters. The van der Waals surface area contributed by atoms with E-state index in [9.17, 15) is 0 Å². The van der Waals surface area contributed by atoms with Gasteiger partial charge in [0, 0.05) is 49.8 Å². The van der Waals surface area contributed by atoms with Crippen molar-refractivity contribution in [3.63, 3.8) is 0 Å². The van der Waals surface area contributed by atoms with Crippen LogP contribution in [0.15, 0.2) is 24.4 Å². The summed E-state index contributed by atoms with van der Waals surface area (Å²) < 4.78 is 0. The zero-order chi connectivity index (χ0) is 13.9. The summed E-state index contributed by atoms with van der Waals surface area (Å²) in [5, 5.41) is 4.82. The molecule has 0 unspecified atom stereocenters. The summed E-state index contributed by atoms with van der Waals surface area (Å²) in [6.07, 6.45) is 3.35. The minimum Gasteiger partial charge on any atom is -0.361 e. The summed E-state index contributed by atoms with van der Waals surface area (Å²) in [6.45, 7) is 10.3. The summed E-state index contributed by atoms with van der Waals surface area (Å²) in [6, 6.07) is 6.69. The highest BCUT2D eigenvalue weighted by Crippen LogP contribution is 2.27. The summed E-state index contributed by atoms with van der Waals surface area (Å²) in [5.74, 6) is 0.568. The smallest absolute Gasteiger partial charge is 0.0491 e. The van der Waals surface area contributed by atoms with Crippen LogP contribution in [0.1, 0.15) is 30.9 Å². The summed E-state index contributed by atoms with van der Waals surface area (Å²) in [7, 11) is 0. The largest absolute Gasteiger partial charge is 0.361 e. The predicted octanol–water partition coefficient (Wildman–Crippen LogP) is 2.74. The van der Waals surface area contributed by atoms with Crippen LogP contribution in [0, 0.1) is 0 Å². The minimum atomic E-state index is 0.568. The average Bonchev–Trinajstić information content (AvgIpc) is 2.89. The lowest BCUT2D eigenvalue weighted by atomic mass is 9.99. The molecule has 20 heavy (non-hydrogen) atoms. The molecule has 0 aliphatic carbocycles. The molecule has 1 aromatic heterocycles. The van der Waals surface area contributed by atoms with Gasteiger partial charge in [0.25, 0.3) is 0 Å². The van der Waals surface area contributed by atoms with Gasteiger partial charge in [0.2, 0.25) is 0 Å². The van der Waals surface area contributed by atoms with E-state index >= 15 is 0 Å². The molecule has 1 aromatic carbocycles. The number of H-pyrrole nitrogens is 1. The van der Waals surface area contributed by atoms with Gasteiger partial charge in [-0.3, -0.25) is 0 Å². The van der Waals surface area contributed by atoms with E-state index in [0.29, 0.717) is 5.92 Å². The lowest BCUT2D eigenvalue weighted by Gasteiger charge is -2.26. The third-order valence-corrected chi connectivity index (χ3v) is 4.36. The van der Waals surface area contributed by atoms with E-state index in [2.05, 4.69) is 53.4 Å². The highest BCUT2D eigenvalue weighted by atomic mass is 15.2. The van der Waals surface area contributed by atoms with Crippen molar-refractivity contribution >= 4 is 10.9 Å². The first-order valence-electron chi connectivity index (χ1n) is 7.77. The van der Waals surface area contributed by atoms with E-state index in [1.807, 2.05) is 0 Å². The van der Waals surface area contributed by atoms with E-state index in [0.717, 1.165) is 19.5 Å². The molecular formula is C17H25N3. The minimum absolute atomic E-state index is 0.568. The molecule has 1 aliphatic rings. The van der Waals surface area contributed by atoms with Gasteiger partial charge in [-0.25, -0.2) is 0 Å². The second kappa shape index (κ2) is 5.98. The molecule has 2 heterocycles. The Bertz CT molecular complexity index is 565. The van der Waals surface area contributed by atoms with Crippen LogP contribution < -0.4 is 5.32 Å². The van der Waals surface area contributed by atoms with Crippen molar-refractivity contribution in [2.45, 2.75) is 26.2 Å². The molecule has 1 saturated heterocycles. The molecule has 0 amide bonds. The number of hydrogen-bond acceptors (Lipinski definition) is 2. The first-order chi connectivity index (χ1) is 9.75. The van der Waals surface area contributed by atoms with Gasteiger partial charge in [-0.15, -0.1) is 0 Å². The van der Waals surface area contributed by atoms with E-state index in [4.69, 9.17) is 0 Å². The number of piperazine rings is 1. The number of fused-ring (bicyclic) bond motifs is 1. The Morgan fingerprint density at radius 1 is 1.20 bits per heavy atom. The van der Waals surface area contributed by atoms with Gasteiger partial charge in [-0.05, 0) is 23.5 Å². The van der Waals surface area contributed by atoms with Gasteiger partial charge in [0.1, 0.15) is 0 Å². The van der Waals surface area contributed by atoms with Crippen LogP contribution >= 0.6 is 0 Å². The van der Waals surface area contributed by atoms with E-state index in [1.165, 1.54) is 41.7 Å². The third-order valence-electron chi connectivity index (χ3n) is 4.36. The second-order valence-corrected chi connectivity index (χ2v) is 6.08. The molecule has 1 aliphatic heterocycles. The van der Waals surface area contributed by atoms with Crippen molar-refractivity contribution < 1.29 is 0 Å². The Balaban J connectivity index is 1.76. The summed E-state index contributed by atoms with van der Waals surface area (Å²) in [5.41, 5.74) is 4.22. The monoisotopic (exact) mass is 271 g/mol. The molecule has 0 bridgehead atoms. The standard InChI is InChI=1S/C17H25N3/c1-13(2)15-4-3-5-16-14(12-19-17(15)16)6-9-20-10-7-18-8-11-20/h3-5,12-13,18-19H,6-11H2,1-2H3. The Labute approximate surface area is 121 Å². The summed E-state index contributed by atoms with van der Waals surface area (Å²) >= 11 is 0. The van der Waals surface area contributed by atoms with Crippen LogP contribution in [-0.4, -0.2) is 42.6 Å². The van der Waals surface area contributed by atoms with Crippen molar-refractivity contribution in [1.82, 2.24) is 15.2 Å². The maximum Gasteiger partial charge on any atom is 0.0491 e. The Morgan fingerprint density at radius 2 is 2.00 bits per heavy atom. The zero-order valence-corrected chi connectivity index (χ0v) is 12.6. The van der Waals surface area contributed by atoms with Crippen LogP contribution in [0.4, 0.5) is 0 Å².